The van der Waals surface area contributed by atoms with E-state index in [4.69, 9.17) is 0 Å². The second kappa shape index (κ2) is 3.78. The Morgan fingerprint density at radius 1 is 1.36 bits per heavy atom. The van der Waals surface area contributed by atoms with Crippen LogP contribution in [0.25, 0.3) is 0 Å². The lowest BCUT2D eigenvalue weighted by Crippen LogP contribution is -2.28. The smallest absolute Gasteiger partial charge is 0.245 e. The molecule has 0 bridgehead atoms. The Bertz CT molecular complexity index is 319. The number of allylic oxidation sites excluding steroid dienone is 3. The SMILES string of the molecule is CN1C=CC=CC1=C[N+](=O)C(C)(C)C. The van der Waals surface area contributed by atoms with Gasteiger partial charge in [-0.05, 0) is 12.2 Å². The second-order valence-electron chi connectivity index (χ2n) is 4.36. The van der Waals surface area contributed by atoms with Crippen LogP contribution in [0, 0.1) is 4.91 Å². The van der Waals surface area contributed by atoms with Crippen molar-refractivity contribution >= 4 is 0 Å². The van der Waals surface area contributed by atoms with Gasteiger partial charge in [-0.1, -0.05) is 6.08 Å². The van der Waals surface area contributed by atoms with Gasteiger partial charge in [-0.15, -0.1) is 0 Å². The molecule has 3 nitrogen and oxygen atoms in total. The van der Waals surface area contributed by atoms with Crippen molar-refractivity contribution in [2.75, 3.05) is 7.05 Å². The van der Waals surface area contributed by atoms with Crippen molar-refractivity contribution in [2.24, 2.45) is 0 Å². The molecule has 0 spiro atoms. The van der Waals surface area contributed by atoms with Crippen molar-refractivity contribution in [3.05, 3.63) is 41.2 Å². The molecule has 0 amide bonds. The van der Waals surface area contributed by atoms with E-state index >= 15 is 0 Å². The molecule has 14 heavy (non-hydrogen) atoms. The van der Waals surface area contributed by atoms with Crippen molar-refractivity contribution in [3.63, 3.8) is 0 Å². The van der Waals surface area contributed by atoms with E-state index in [2.05, 4.69) is 0 Å². The number of likely N-dealkylation sites (N-methyl/N-ethyl adjacent to an activating group) is 1. The molecule has 0 fully saturated rings. The van der Waals surface area contributed by atoms with E-state index in [-0.39, 0.29) is 5.54 Å². The van der Waals surface area contributed by atoms with Gasteiger partial charge in [0.25, 0.3) is 0 Å². The summed E-state index contributed by atoms with van der Waals surface area (Å²) in [6, 6.07) is 0. The quantitative estimate of drug-likeness (QED) is 0.597. The summed E-state index contributed by atoms with van der Waals surface area (Å²) in [5.41, 5.74) is 0.514. The first-order valence-corrected chi connectivity index (χ1v) is 4.67. The van der Waals surface area contributed by atoms with Crippen LogP contribution in [0.2, 0.25) is 0 Å². The van der Waals surface area contributed by atoms with Gasteiger partial charge in [-0.2, -0.15) is 0 Å². The fraction of sp³-hybridized carbons (Fsp3) is 0.455. The first-order valence-electron chi connectivity index (χ1n) is 4.67. The summed E-state index contributed by atoms with van der Waals surface area (Å²) in [5.74, 6) is 0. The Balaban J connectivity index is 2.84. The maximum atomic E-state index is 11.6. The molecule has 1 rings (SSSR count). The van der Waals surface area contributed by atoms with Crippen molar-refractivity contribution < 1.29 is 4.76 Å². The number of nitrogens with zero attached hydrogens (tertiary/aromatic N) is 2. The Hall–Kier alpha value is -1.38. The van der Waals surface area contributed by atoms with Crippen LogP contribution in [0.3, 0.4) is 0 Å². The third-order valence-corrected chi connectivity index (χ3v) is 2.01. The van der Waals surface area contributed by atoms with Gasteiger partial charge in [0.2, 0.25) is 11.7 Å². The van der Waals surface area contributed by atoms with E-state index in [1.165, 1.54) is 0 Å². The number of hydrogen-bond acceptors (Lipinski definition) is 2. The Labute approximate surface area is 85.0 Å². The summed E-state index contributed by atoms with van der Waals surface area (Å²) in [4.78, 5) is 13.5. The lowest BCUT2D eigenvalue weighted by Gasteiger charge is -2.16. The number of rotatable bonds is 1. The second-order valence-corrected chi connectivity index (χ2v) is 4.36. The van der Waals surface area contributed by atoms with Gasteiger partial charge in [0, 0.05) is 43.7 Å². The molecule has 0 saturated heterocycles. The number of nitroso groups, excluding NO2 is 1. The molecule has 0 aromatic heterocycles. The van der Waals surface area contributed by atoms with Gasteiger partial charge in [0.15, 0.2) is 0 Å². The zero-order chi connectivity index (χ0) is 10.8. The summed E-state index contributed by atoms with van der Waals surface area (Å²) in [6.07, 6.45) is 9.30. The van der Waals surface area contributed by atoms with Crippen molar-refractivity contribution in [1.29, 1.82) is 0 Å². The Morgan fingerprint density at radius 3 is 2.50 bits per heavy atom. The molecule has 0 N–H and O–H groups in total. The van der Waals surface area contributed by atoms with Crippen LogP contribution in [0.15, 0.2) is 36.3 Å². The molecule has 3 heteroatoms. The molecule has 0 aliphatic carbocycles. The number of hydrogen-bond donors (Lipinski definition) is 0. The highest BCUT2D eigenvalue weighted by molar-refractivity contribution is 5.25. The molecule has 0 atom stereocenters. The molecule has 0 saturated carbocycles. The topological polar surface area (TPSA) is 23.3 Å². The van der Waals surface area contributed by atoms with Crippen molar-refractivity contribution in [3.8, 4) is 0 Å². The third-order valence-electron chi connectivity index (χ3n) is 2.01. The zero-order valence-electron chi connectivity index (χ0n) is 9.19. The van der Waals surface area contributed by atoms with Crippen LogP contribution in [-0.4, -0.2) is 22.2 Å². The summed E-state index contributed by atoms with van der Waals surface area (Å²) < 4.78 is 0.975. The van der Waals surface area contributed by atoms with E-state index < -0.39 is 0 Å². The minimum Gasteiger partial charge on any atom is -0.346 e. The maximum absolute atomic E-state index is 11.6. The van der Waals surface area contributed by atoms with Crippen LogP contribution in [0.4, 0.5) is 0 Å². The highest BCUT2D eigenvalue weighted by atomic mass is 16.3. The molecule has 76 valence electrons. The lowest BCUT2D eigenvalue weighted by atomic mass is 10.1. The van der Waals surface area contributed by atoms with E-state index in [0.29, 0.717) is 0 Å². The van der Waals surface area contributed by atoms with Crippen molar-refractivity contribution in [1.82, 2.24) is 4.90 Å². The standard InChI is InChI=1S/C11H17N2O/c1-11(2,3)13(14)9-10-7-5-6-8-12(10)4/h5-9H,1-4H3/q+1. The minimum absolute atomic E-state index is 0.386. The van der Waals surface area contributed by atoms with Crippen LogP contribution < -0.4 is 0 Å². The molecule has 0 radical (unpaired) electrons. The van der Waals surface area contributed by atoms with Gasteiger partial charge in [-0.25, -0.2) is 0 Å². The fourth-order valence-electron chi connectivity index (χ4n) is 0.984. The van der Waals surface area contributed by atoms with E-state index in [0.717, 1.165) is 10.5 Å². The van der Waals surface area contributed by atoms with Gasteiger partial charge in [-0.3, -0.25) is 0 Å². The van der Waals surface area contributed by atoms with Crippen LogP contribution in [0.5, 0.6) is 0 Å². The molecule has 1 aliphatic rings. The summed E-state index contributed by atoms with van der Waals surface area (Å²) in [7, 11) is 1.92. The first-order chi connectivity index (χ1) is 6.41. The summed E-state index contributed by atoms with van der Waals surface area (Å²) in [5, 5.41) is 0. The van der Waals surface area contributed by atoms with Gasteiger partial charge in [0.05, 0.1) is 0 Å². The van der Waals surface area contributed by atoms with Crippen LogP contribution in [-0.2, 0) is 0 Å². The molecule has 1 heterocycles. The predicted octanol–water partition coefficient (Wildman–Crippen LogP) is 2.42. The van der Waals surface area contributed by atoms with Crippen molar-refractivity contribution in [2.45, 2.75) is 26.3 Å². The van der Waals surface area contributed by atoms with Crippen LogP contribution >= 0.6 is 0 Å². The average molecular weight is 193 g/mol. The molecular formula is C11H17N2O+. The average Bonchev–Trinajstić information content (AvgIpc) is 2.07. The van der Waals surface area contributed by atoms with Gasteiger partial charge in [0.1, 0.15) is 5.70 Å². The van der Waals surface area contributed by atoms with E-state index in [1.807, 2.05) is 57.1 Å². The lowest BCUT2D eigenvalue weighted by molar-refractivity contribution is -0.555. The zero-order valence-corrected chi connectivity index (χ0v) is 9.19. The first kappa shape index (κ1) is 10.7. The molecule has 1 aliphatic heterocycles. The minimum atomic E-state index is -0.386. The Kier molecular flexibility index (Phi) is 2.89. The highest BCUT2D eigenvalue weighted by Crippen LogP contribution is 2.13. The Morgan fingerprint density at radius 2 is 2.00 bits per heavy atom. The van der Waals surface area contributed by atoms with E-state index in [1.54, 1.807) is 6.20 Å². The molecule has 0 aromatic rings. The largest absolute Gasteiger partial charge is 0.346 e. The van der Waals surface area contributed by atoms with Gasteiger partial charge < -0.3 is 4.90 Å². The highest BCUT2D eigenvalue weighted by Gasteiger charge is 2.27. The molecule has 0 aromatic carbocycles. The normalized spacial score (nSPS) is 19.1. The van der Waals surface area contributed by atoms with E-state index in [9.17, 15) is 4.91 Å². The van der Waals surface area contributed by atoms with Gasteiger partial charge >= 0.3 is 0 Å². The predicted molar refractivity (Wildman–Crippen MR) is 57.5 cm³/mol. The monoisotopic (exact) mass is 193 g/mol. The summed E-state index contributed by atoms with van der Waals surface area (Å²) >= 11 is 0. The molecule has 0 unspecified atom stereocenters. The third kappa shape index (κ3) is 2.55. The summed E-state index contributed by atoms with van der Waals surface area (Å²) in [6.45, 7) is 5.66. The maximum Gasteiger partial charge on any atom is 0.245 e. The fourth-order valence-corrected chi connectivity index (χ4v) is 0.984. The van der Waals surface area contributed by atoms with Crippen LogP contribution in [0.1, 0.15) is 20.8 Å². The molecular weight excluding hydrogens is 176 g/mol.